The maximum Gasteiger partial charge on any atom is 0.306 e. The summed E-state index contributed by atoms with van der Waals surface area (Å²) in [5.41, 5.74) is 0.197. The Bertz CT molecular complexity index is 670. The second-order valence-electron chi connectivity index (χ2n) is 6.29. The summed E-state index contributed by atoms with van der Waals surface area (Å²) in [5.74, 6) is -2.64. The molecule has 1 aromatic carbocycles. The predicted molar refractivity (Wildman–Crippen MR) is 83.8 cm³/mol. The number of hydrogen-bond donors (Lipinski definition) is 1. The van der Waals surface area contributed by atoms with E-state index in [1.807, 2.05) is 0 Å². The third-order valence-electron chi connectivity index (χ3n) is 4.77. The second-order valence-corrected chi connectivity index (χ2v) is 6.29. The number of halogens is 1. The third-order valence-corrected chi connectivity index (χ3v) is 4.77. The van der Waals surface area contributed by atoms with Gasteiger partial charge in [0.1, 0.15) is 5.82 Å². The van der Waals surface area contributed by atoms with Gasteiger partial charge in [0.05, 0.1) is 17.5 Å². The number of carboxylic acids is 1. The Hall–Kier alpha value is -2.44. The summed E-state index contributed by atoms with van der Waals surface area (Å²) < 4.78 is 13.9. The van der Waals surface area contributed by atoms with Gasteiger partial charge in [-0.2, -0.15) is 0 Å². The second kappa shape index (κ2) is 6.59. The number of anilines is 1. The Morgan fingerprint density at radius 2 is 1.79 bits per heavy atom. The molecule has 0 aromatic heterocycles. The first kappa shape index (κ1) is 16.4. The highest BCUT2D eigenvalue weighted by Crippen LogP contribution is 2.29. The van der Waals surface area contributed by atoms with Gasteiger partial charge in [0.2, 0.25) is 11.8 Å². The van der Waals surface area contributed by atoms with Crippen molar-refractivity contribution in [2.24, 2.45) is 11.8 Å². The summed E-state index contributed by atoms with van der Waals surface area (Å²) in [7, 11) is 0. The summed E-state index contributed by atoms with van der Waals surface area (Å²) in [4.78, 5) is 38.7. The molecule has 0 radical (unpaired) electrons. The molecule has 2 saturated heterocycles. The van der Waals surface area contributed by atoms with Crippen molar-refractivity contribution in [3.05, 3.63) is 30.1 Å². The molecule has 128 valence electrons. The molecule has 1 aromatic rings. The molecular formula is C17H19FN2O4. The Morgan fingerprint density at radius 3 is 2.42 bits per heavy atom. The number of carbonyl (C=O) groups is 3. The van der Waals surface area contributed by atoms with Crippen LogP contribution in [-0.2, 0) is 14.4 Å². The van der Waals surface area contributed by atoms with Gasteiger partial charge in [-0.3, -0.25) is 14.4 Å². The van der Waals surface area contributed by atoms with Crippen molar-refractivity contribution < 1.29 is 23.9 Å². The van der Waals surface area contributed by atoms with Crippen LogP contribution in [0, 0.1) is 17.7 Å². The van der Waals surface area contributed by atoms with Gasteiger partial charge in [-0.25, -0.2) is 4.39 Å². The van der Waals surface area contributed by atoms with Crippen LogP contribution in [0.2, 0.25) is 0 Å². The first-order chi connectivity index (χ1) is 11.5. The molecule has 1 unspecified atom stereocenters. The summed E-state index contributed by atoms with van der Waals surface area (Å²) in [5, 5.41) is 9.01. The van der Waals surface area contributed by atoms with E-state index < -0.39 is 23.6 Å². The summed E-state index contributed by atoms with van der Waals surface area (Å²) >= 11 is 0. The van der Waals surface area contributed by atoms with E-state index in [4.69, 9.17) is 5.11 Å². The van der Waals surface area contributed by atoms with Gasteiger partial charge in [0.25, 0.3) is 0 Å². The van der Waals surface area contributed by atoms with E-state index in [-0.39, 0.29) is 30.5 Å². The molecule has 2 fully saturated rings. The minimum Gasteiger partial charge on any atom is -0.481 e. The fraction of sp³-hybridized carbons (Fsp3) is 0.471. The van der Waals surface area contributed by atoms with Crippen molar-refractivity contribution in [3.63, 3.8) is 0 Å². The van der Waals surface area contributed by atoms with Crippen LogP contribution in [0.3, 0.4) is 0 Å². The first-order valence-electron chi connectivity index (χ1n) is 8.04. The van der Waals surface area contributed by atoms with E-state index in [2.05, 4.69) is 0 Å². The minimum atomic E-state index is -0.830. The van der Waals surface area contributed by atoms with Gasteiger partial charge in [-0.1, -0.05) is 12.1 Å². The van der Waals surface area contributed by atoms with Crippen LogP contribution in [0.5, 0.6) is 0 Å². The van der Waals surface area contributed by atoms with Gasteiger partial charge in [0, 0.05) is 26.1 Å². The number of carboxylic acid groups (broad SMARTS) is 1. The maximum atomic E-state index is 13.9. The van der Waals surface area contributed by atoms with Crippen LogP contribution in [0.25, 0.3) is 0 Å². The molecule has 1 N–H and O–H groups in total. The van der Waals surface area contributed by atoms with Crippen molar-refractivity contribution >= 4 is 23.5 Å². The SMILES string of the molecule is O=C(O)C1CCN(C(=O)C2CC(=O)N(c3ccccc3F)C2)CC1. The van der Waals surface area contributed by atoms with Gasteiger partial charge in [-0.05, 0) is 25.0 Å². The molecule has 2 amide bonds. The molecule has 0 aliphatic carbocycles. The van der Waals surface area contributed by atoms with Crippen LogP contribution in [0.1, 0.15) is 19.3 Å². The standard InChI is InChI=1S/C17H19FN2O4/c18-13-3-1-2-4-14(13)20-10-12(9-15(20)21)16(22)19-7-5-11(6-8-19)17(23)24/h1-4,11-12H,5-10H2,(H,23,24). The highest BCUT2D eigenvalue weighted by molar-refractivity contribution is 6.00. The van der Waals surface area contributed by atoms with Gasteiger partial charge < -0.3 is 14.9 Å². The van der Waals surface area contributed by atoms with E-state index in [0.717, 1.165) is 0 Å². The van der Waals surface area contributed by atoms with Gasteiger partial charge >= 0.3 is 5.97 Å². The molecule has 1 atom stereocenters. The summed E-state index contributed by atoms with van der Waals surface area (Å²) in [6.07, 6.45) is 0.920. The topological polar surface area (TPSA) is 77.9 Å². The molecule has 24 heavy (non-hydrogen) atoms. The van der Waals surface area contributed by atoms with Crippen molar-refractivity contribution in [2.75, 3.05) is 24.5 Å². The van der Waals surface area contributed by atoms with E-state index in [9.17, 15) is 18.8 Å². The van der Waals surface area contributed by atoms with Gasteiger partial charge in [-0.15, -0.1) is 0 Å². The van der Waals surface area contributed by atoms with Crippen molar-refractivity contribution in [3.8, 4) is 0 Å². The van der Waals surface area contributed by atoms with Crippen LogP contribution < -0.4 is 4.90 Å². The summed E-state index contributed by atoms with van der Waals surface area (Å²) in [6.45, 7) is 0.942. The molecule has 6 nitrogen and oxygen atoms in total. The molecule has 2 aliphatic heterocycles. The quantitative estimate of drug-likeness (QED) is 0.909. The average Bonchev–Trinajstić information content (AvgIpc) is 2.96. The number of para-hydroxylation sites is 1. The Balaban J connectivity index is 1.65. The third kappa shape index (κ3) is 3.11. The van der Waals surface area contributed by atoms with Gasteiger partial charge in [0.15, 0.2) is 0 Å². The lowest BCUT2D eigenvalue weighted by molar-refractivity contribution is -0.146. The van der Waals surface area contributed by atoms with Crippen molar-refractivity contribution in [1.29, 1.82) is 0 Å². The largest absolute Gasteiger partial charge is 0.481 e. The molecular weight excluding hydrogens is 315 g/mol. The lowest BCUT2D eigenvalue weighted by Crippen LogP contribution is -2.43. The van der Waals surface area contributed by atoms with Crippen LogP contribution in [0.4, 0.5) is 10.1 Å². The molecule has 0 saturated carbocycles. The highest BCUT2D eigenvalue weighted by Gasteiger charge is 2.39. The zero-order valence-electron chi connectivity index (χ0n) is 13.2. The maximum absolute atomic E-state index is 13.9. The van der Waals surface area contributed by atoms with Crippen LogP contribution in [-0.4, -0.2) is 47.4 Å². The molecule has 2 heterocycles. The zero-order valence-corrected chi connectivity index (χ0v) is 13.2. The number of benzene rings is 1. The Kier molecular flexibility index (Phi) is 4.51. The fourth-order valence-corrected chi connectivity index (χ4v) is 3.38. The molecule has 2 aliphatic rings. The zero-order chi connectivity index (χ0) is 17.3. The number of amides is 2. The van der Waals surface area contributed by atoms with E-state index >= 15 is 0 Å². The number of carbonyl (C=O) groups excluding carboxylic acids is 2. The smallest absolute Gasteiger partial charge is 0.306 e. The molecule has 3 rings (SSSR count). The lowest BCUT2D eigenvalue weighted by atomic mass is 9.95. The number of nitrogens with zero attached hydrogens (tertiary/aromatic N) is 2. The minimum absolute atomic E-state index is 0.0615. The Labute approximate surface area is 138 Å². The molecule has 7 heteroatoms. The van der Waals surface area contributed by atoms with Crippen molar-refractivity contribution in [1.82, 2.24) is 4.90 Å². The first-order valence-corrected chi connectivity index (χ1v) is 8.04. The van der Waals surface area contributed by atoms with E-state index in [1.54, 1.807) is 17.0 Å². The lowest BCUT2D eigenvalue weighted by Gasteiger charge is -2.31. The molecule has 0 spiro atoms. The number of piperidine rings is 1. The van der Waals surface area contributed by atoms with E-state index in [1.165, 1.54) is 17.0 Å². The number of rotatable bonds is 3. The highest BCUT2D eigenvalue weighted by atomic mass is 19.1. The van der Waals surface area contributed by atoms with Crippen LogP contribution >= 0.6 is 0 Å². The number of aliphatic carboxylic acids is 1. The average molecular weight is 334 g/mol. The van der Waals surface area contributed by atoms with Crippen LogP contribution in [0.15, 0.2) is 24.3 Å². The monoisotopic (exact) mass is 334 g/mol. The Morgan fingerprint density at radius 1 is 1.12 bits per heavy atom. The fourth-order valence-electron chi connectivity index (χ4n) is 3.38. The normalized spacial score (nSPS) is 22.0. The summed E-state index contributed by atoms with van der Waals surface area (Å²) in [6, 6.07) is 6.01. The number of likely N-dealkylation sites (tertiary alicyclic amines) is 1. The van der Waals surface area contributed by atoms with E-state index in [0.29, 0.717) is 25.9 Å². The van der Waals surface area contributed by atoms with Crippen molar-refractivity contribution in [2.45, 2.75) is 19.3 Å². The number of hydrogen-bond acceptors (Lipinski definition) is 3. The molecule has 0 bridgehead atoms. The predicted octanol–water partition coefficient (Wildman–Crippen LogP) is 1.50.